The Labute approximate surface area is 118 Å². The lowest BCUT2D eigenvalue weighted by atomic mass is 9.88. The number of benzene rings is 1. The molecule has 2 rings (SSSR count). The van der Waals surface area contributed by atoms with Crippen molar-refractivity contribution < 1.29 is 14.7 Å². The maximum Gasteiger partial charge on any atom is 0.253 e. The molecule has 0 aromatic heterocycles. The molecule has 1 aliphatic rings. The summed E-state index contributed by atoms with van der Waals surface area (Å²) in [5.74, 6) is -1.05. The molecule has 20 heavy (non-hydrogen) atoms. The molecule has 1 aromatic rings. The molecule has 3 N–H and O–H groups in total. The van der Waals surface area contributed by atoms with Crippen molar-refractivity contribution in [2.24, 2.45) is 5.73 Å². The van der Waals surface area contributed by atoms with Crippen LogP contribution in [0.15, 0.2) is 30.3 Å². The highest BCUT2D eigenvalue weighted by Gasteiger charge is 2.49. The minimum Gasteiger partial charge on any atom is -0.377 e. The molecule has 0 saturated carbocycles. The van der Waals surface area contributed by atoms with Crippen LogP contribution in [0.3, 0.4) is 0 Å². The van der Waals surface area contributed by atoms with E-state index in [1.807, 2.05) is 37.3 Å². The zero-order valence-electron chi connectivity index (χ0n) is 11.6. The molecule has 1 aromatic carbocycles. The Morgan fingerprint density at radius 1 is 1.35 bits per heavy atom. The summed E-state index contributed by atoms with van der Waals surface area (Å²) in [6.07, 6.45) is 1.63. The molecule has 0 spiro atoms. The van der Waals surface area contributed by atoms with Crippen LogP contribution in [0.5, 0.6) is 0 Å². The number of β-amino-alcohol motifs (C(OH)–C–C–N with tert-alkyl or cyclic N) is 1. The molecule has 1 fully saturated rings. The zero-order chi connectivity index (χ0) is 14.8. The third-order valence-electron chi connectivity index (χ3n) is 3.75. The molecule has 1 aliphatic heterocycles. The number of primary amides is 1. The number of carbonyl (C=O) groups excluding carboxylic acids is 2. The van der Waals surface area contributed by atoms with Gasteiger partial charge >= 0.3 is 0 Å². The first-order valence-electron chi connectivity index (χ1n) is 6.84. The number of nitrogens with zero attached hydrogens (tertiary/aromatic N) is 1. The highest BCUT2D eigenvalue weighted by molar-refractivity contribution is 5.90. The topological polar surface area (TPSA) is 83.6 Å². The zero-order valence-corrected chi connectivity index (χ0v) is 11.6. The van der Waals surface area contributed by atoms with Crippen molar-refractivity contribution >= 4 is 11.8 Å². The fraction of sp³-hybridized carbons (Fsp3) is 0.467. The van der Waals surface area contributed by atoms with E-state index in [0.29, 0.717) is 0 Å². The summed E-state index contributed by atoms with van der Waals surface area (Å²) in [4.78, 5) is 25.1. The van der Waals surface area contributed by atoms with Crippen molar-refractivity contribution in [2.75, 3.05) is 13.1 Å². The predicted molar refractivity (Wildman–Crippen MR) is 74.8 cm³/mol. The molecule has 5 heteroatoms. The molecule has 1 unspecified atom stereocenters. The Kier molecular flexibility index (Phi) is 4.09. The molecule has 108 valence electrons. The molecular formula is C15H20N2O3. The molecular weight excluding hydrogens is 256 g/mol. The van der Waals surface area contributed by atoms with Crippen molar-refractivity contribution in [3.63, 3.8) is 0 Å². The molecule has 0 aliphatic carbocycles. The van der Waals surface area contributed by atoms with Gasteiger partial charge in [-0.05, 0) is 12.0 Å². The van der Waals surface area contributed by atoms with Crippen LogP contribution in [-0.2, 0) is 9.59 Å². The Hall–Kier alpha value is -1.88. The molecule has 0 bridgehead atoms. The number of aliphatic hydroxyl groups is 1. The van der Waals surface area contributed by atoms with E-state index in [1.54, 1.807) is 0 Å². The van der Waals surface area contributed by atoms with Gasteiger partial charge in [0.05, 0.1) is 19.0 Å². The van der Waals surface area contributed by atoms with Gasteiger partial charge in [0.25, 0.3) is 5.91 Å². The van der Waals surface area contributed by atoms with Gasteiger partial charge < -0.3 is 15.7 Å². The van der Waals surface area contributed by atoms with Crippen molar-refractivity contribution in [3.8, 4) is 0 Å². The van der Waals surface area contributed by atoms with Crippen LogP contribution in [0.25, 0.3) is 0 Å². The lowest BCUT2D eigenvalue weighted by Gasteiger charge is -2.45. The SMILES string of the molecule is CCCC(C(=O)N1CC(O)(C(N)=O)C1)c1ccccc1. The smallest absolute Gasteiger partial charge is 0.253 e. The van der Waals surface area contributed by atoms with Gasteiger partial charge in [-0.3, -0.25) is 9.59 Å². The summed E-state index contributed by atoms with van der Waals surface area (Å²) < 4.78 is 0. The minimum atomic E-state index is -1.55. The van der Waals surface area contributed by atoms with Gasteiger partial charge in [-0.25, -0.2) is 0 Å². The van der Waals surface area contributed by atoms with Crippen molar-refractivity contribution in [3.05, 3.63) is 35.9 Å². The second-order valence-electron chi connectivity index (χ2n) is 5.34. The summed E-state index contributed by atoms with van der Waals surface area (Å²) in [6, 6.07) is 9.57. The van der Waals surface area contributed by atoms with Crippen molar-refractivity contribution in [2.45, 2.75) is 31.3 Å². The largest absolute Gasteiger partial charge is 0.377 e. The van der Waals surface area contributed by atoms with Gasteiger partial charge in [-0.2, -0.15) is 0 Å². The maximum absolute atomic E-state index is 12.5. The number of rotatable bonds is 5. The third kappa shape index (κ3) is 2.67. The maximum atomic E-state index is 12.5. The number of nitrogens with two attached hydrogens (primary N) is 1. The molecule has 1 saturated heterocycles. The van der Waals surface area contributed by atoms with Crippen LogP contribution in [0.2, 0.25) is 0 Å². The number of carbonyl (C=O) groups is 2. The van der Waals surface area contributed by atoms with Crippen LogP contribution in [-0.4, -0.2) is 40.5 Å². The van der Waals surface area contributed by atoms with Crippen LogP contribution in [0, 0.1) is 0 Å². The van der Waals surface area contributed by atoms with Gasteiger partial charge in [0.15, 0.2) is 5.60 Å². The second-order valence-corrected chi connectivity index (χ2v) is 5.34. The Balaban J connectivity index is 2.09. The number of likely N-dealkylation sites (tertiary alicyclic amines) is 1. The van der Waals surface area contributed by atoms with E-state index in [1.165, 1.54) is 4.90 Å². The van der Waals surface area contributed by atoms with Crippen LogP contribution in [0.1, 0.15) is 31.2 Å². The van der Waals surface area contributed by atoms with E-state index in [9.17, 15) is 14.7 Å². The lowest BCUT2D eigenvalue weighted by Crippen LogP contribution is -2.69. The highest BCUT2D eigenvalue weighted by atomic mass is 16.3. The summed E-state index contributed by atoms with van der Waals surface area (Å²) >= 11 is 0. The molecule has 0 radical (unpaired) electrons. The average Bonchev–Trinajstić information content (AvgIpc) is 2.41. The van der Waals surface area contributed by atoms with Gasteiger partial charge in [0.1, 0.15) is 0 Å². The molecule has 5 nitrogen and oxygen atoms in total. The second kappa shape index (κ2) is 5.63. The summed E-state index contributed by atoms with van der Waals surface area (Å²) in [7, 11) is 0. The minimum absolute atomic E-state index is 0.00574. The standard InChI is InChI=1S/C15H20N2O3/c1-2-6-12(11-7-4-3-5-8-11)13(18)17-9-15(20,10-17)14(16)19/h3-5,7-8,12,20H,2,6,9-10H2,1H3,(H2,16,19). The van der Waals surface area contributed by atoms with Gasteiger partial charge in [-0.15, -0.1) is 0 Å². The van der Waals surface area contributed by atoms with E-state index in [0.717, 1.165) is 18.4 Å². The highest BCUT2D eigenvalue weighted by Crippen LogP contribution is 2.29. The van der Waals surface area contributed by atoms with E-state index in [4.69, 9.17) is 5.73 Å². The van der Waals surface area contributed by atoms with Crippen LogP contribution >= 0.6 is 0 Å². The number of hydrogen-bond acceptors (Lipinski definition) is 3. The van der Waals surface area contributed by atoms with Crippen LogP contribution < -0.4 is 5.73 Å². The first-order valence-corrected chi connectivity index (χ1v) is 6.84. The van der Waals surface area contributed by atoms with Crippen LogP contribution in [0.4, 0.5) is 0 Å². The lowest BCUT2D eigenvalue weighted by molar-refractivity contribution is -0.167. The third-order valence-corrected chi connectivity index (χ3v) is 3.75. The first kappa shape index (κ1) is 14.5. The fourth-order valence-corrected chi connectivity index (χ4v) is 2.52. The number of amides is 2. The van der Waals surface area contributed by atoms with Crippen molar-refractivity contribution in [1.82, 2.24) is 4.90 Å². The quantitative estimate of drug-likeness (QED) is 0.827. The van der Waals surface area contributed by atoms with E-state index < -0.39 is 11.5 Å². The first-order chi connectivity index (χ1) is 9.48. The van der Waals surface area contributed by atoms with Crippen molar-refractivity contribution in [1.29, 1.82) is 0 Å². The van der Waals surface area contributed by atoms with E-state index >= 15 is 0 Å². The monoisotopic (exact) mass is 276 g/mol. The van der Waals surface area contributed by atoms with E-state index in [2.05, 4.69) is 0 Å². The Morgan fingerprint density at radius 3 is 2.45 bits per heavy atom. The van der Waals surface area contributed by atoms with E-state index in [-0.39, 0.29) is 24.9 Å². The normalized spacial score (nSPS) is 18.2. The summed E-state index contributed by atoms with van der Waals surface area (Å²) in [6.45, 7) is 2.02. The fourth-order valence-electron chi connectivity index (χ4n) is 2.52. The van der Waals surface area contributed by atoms with Gasteiger partial charge in [-0.1, -0.05) is 43.7 Å². The van der Waals surface area contributed by atoms with Gasteiger partial charge in [0.2, 0.25) is 5.91 Å². The molecule has 2 amide bonds. The predicted octanol–water partition coefficient (Wildman–Crippen LogP) is 0.629. The molecule has 1 atom stereocenters. The van der Waals surface area contributed by atoms with Gasteiger partial charge in [0, 0.05) is 0 Å². The molecule has 1 heterocycles. The average molecular weight is 276 g/mol. The number of hydrogen-bond donors (Lipinski definition) is 2. The Morgan fingerprint density at radius 2 is 1.95 bits per heavy atom. The Bertz CT molecular complexity index is 495. The summed E-state index contributed by atoms with van der Waals surface area (Å²) in [5.41, 5.74) is 4.53. The summed E-state index contributed by atoms with van der Waals surface area (Å²) in [5, 5.41) is 9.82.